The number of allylic oxidation sites excluding steroid dienone is 5. The maximum absolute atomic E-state index is 12.5. The Kier molecular flexibility index (Phi) is 7.33. The van der Waals surface area contributed by atoms with E-state index in [2.05, 4.69) is 10.6 Å². The third-order valence-electron chi connectivity index (χ3n) is 5.50. The number of carboxylic acid groups (broad SMARTS) is 1. The molecule has 0 bridgehead atoms. The minimum atomic E-state index is -1.12. The zero-order valence-electron chi connectivity index (χ0n) is 18.9. The second-order valence-electron chi connectivity index (χ2n) is 8.04. The molecule has 6 heteroatoms. The van der Waals surface area contributed by atoms with Gasteiger partial charge in [0.25, 0.3) is 11.8 Å². The normalized spacial score (nSPS) is 12.4. The Labute approximate surface area is 203 Å². The summed E-state index contributed by atoms with van der Waals surface area (Å²) in [5, 5.41) is 15.3. The molecule has 1 aliphatic rings. The van der Waals surface area contributed by atoms with Crippen molar-refractivity contribution in [3.05, 3.63) is 131 Å². The second-order valence-corrected chi connectivity index (χ2v) is 8.04. The smallest absolute Gasteiger partial charge is 0.337 e. The molecule has 0 saturated heterocycles. The predicted molar refractivity (Wildman–Crippen MR) is 137 cm³/mol. The molecule has 1 aliphatic carbocycles. The fourth-order valence-electron chi connectivity index (χ4n) is 3.67. The number of rotatable bonds is 7. The lowest BCUT2D eigenvalue weighted by Crippen LogP contribution is -2.15. The van der Waals surface area contributed by atoms with Gasteiger partial charge in [0.05, 0.1) is 11.3 Å². The largest absolute Gasteiger partial charge is 0.478 e. The number of carboxylic acids is 1. The Hall–Kier alpha value is -4.71. The van der Waals surface area contributed by atoms with Crippen LogP contribution in [-0.4, -0.2) is 22.9 Å². The summed E-state index contributed by atoms with van der Waals surface area (Å²) >= 11 is 0. The Bertz CT molecular complexity index is 1340. The SMILES string of the molecule is O=C(Nc1ccc(Cc2ccc(NC(=O)c3ccccc3)c(C(=O)O)c2)cc1)C1=CC=CC=CC1. The van der Waals surface area contributed by atoms with Gasteiger partial charge in [0.2, 0.25) is 0 Å². The molecule has 0 aliphatic heterocycles. The van der Waals surface area contributed by atoms with Gasteiger partial charge in [0.1, 0.15) is 0 Å². The Balaban J connectivity index is 1.43. The van der Waals surface area contributed by atoms with Crippen molar-refractivity contribution in [3.8, 4) is 0 Å². The molecule has 0 fully saturated rings. The van der Waals surface area contributed by atoms with Gasteiger partial charge in [-0.3, -0.25) is 9.59 Å². The van der Waals surface area contributed by atoms with E-state index < -0.39 is 5.97 Å². The van der Waals surface area contributed by atoms with Gasteiger partial charge in [-0.05, 0) is 60.4 Å². The molecule has 174 valence electrons. The second kappa shape index (κ2) is 10.9. The van der Waals surface area contributed by atoms with Crippen LogP contribution in [0.25, 0.3) is 0 Å². The number of aromatic carboxylic acids is 1. The summed E-state index contributed by atoms with van der Waals surface area (Å²) < 4.78 is 0. The topological polar surface area (TPSA) is 95.5 Å². The Morgan fingerprint density at radius 2 is 1.51 bits per heavy atom. The van der Waals surface area contributed by atoms with Crippen molar-refractivity contribution in [2.75, 3.05) is 10.6 Å². The van der Waals surface area contributed by atoms with Gasteiger partial charge < -0.3 is 15.7 Å². The lowest BCUT2D eigenvalue weighted by atomic mass is 10.0. The molecule has 0 spiro atoms. The summed E-state index contributed by atoms with van der Waals surface area (Å²) in [5.74, 6) is -1.64. The van der Waals surface area contributed by atoms with E-state index in [0.717, 1.165) is 11.1 Å². The van der Waals surface area contributed by atoms with Gasteiger partial charge in [0, 0.05) is 16.8 Å². The highest BCUT2D eigenvalue weighted by molar-refractivity contribution is 6.07. The number of anilines is 2. The van der Waals surface area contributed by atoms with Crippen LogP contribution in [-0.2, 0) is 11.2 Å². The highest BCUT2D eigenvalue weighted by Crippen LogP contribution is 2.22. The molecule has 2 amide bonds. The molecule has 35 heavy (non-hydrogen) atoms. The molecule has 3 aromatic carbocycles. The van der Waals surface area contributed by atoms with Crippen molar-refractivity contribution in [2.24, 2.45) is 0 Å². The van der Waals surface area contributed by atoms with Crippen LogP contribution in [0.15, 0.2) is 109 Å². The highest BCUT2D eigenvalue weighted by atomic mass is 16.4. The van der Waals surface area contributed by atoms with E-state index in [1.807, 2.05) is 48.6 Å². The summed E-state index contributed by atoms with van der Waals surface area (Å²) in [6, 6.07) is 21.0. The summed E-state index contributed by atoms with van der Waals surface area (Å²) in [5.41, 5.74) is 3.82. The van der Waals surface area contributed by atoms with Crippen molar-refractivity contribution in [3.63, 3.8) is 0 Å². The van der Waals surface area contributed by atoms with E-state index in [1.54, 1.807) is 54.6 Å². The summed E-state index contributed by atoms with van der Waals surface area (Å²) in [4.78, 5) is 36.8. The molecular formula is C29H24N2O4. The van der Waals surface area contributed by atoms with Crippen molar-refractivity contribution < 1.29 is 19.5 Å². The van der Waals surface area contributed by atoms with Crippen LogP contribution in [0.5, 0.6) is 0 Å². The predicted octanol–water partition coefficient (Wildman–Crippen LogP) is 5.61. The summed E-state index contributed by atoms with van der Waals surface area (Å²) in [6.07, 6.45) is 10.4. The highest BCUT2D eigenvalue weighted by Gasteiger charge is 2.15. The van der Waals surface area contributed by atoms with Crippen molar-refractivity contribution in [1.82, 2.24) is 0 Å². The zero-order valence-corrected chi connectivity index (χ0v) is 18.9. The Morgan fingerprint density at radius 1 is 0.771 bits per heavy atom. The molecular weight excluding hydrogens is 440 g/mol. The average Bonchev–Trinajstić information content (AvgIpc) is 3.16. The van der Waals surface area contributed by atoms with E-state index in [-0.39, 0.29) is 23.1 Å². The first kappa shape index (κ1) is 23.4. The van der Waals surface area contributed by atoms with Crippen LogP contribution in [0.1, 0.15) is 38.3 Å². The number of hydrogen-bond donors (Lipinski definition) is 3. The number of carbonyl (C=O) groups excluding carboxylic acids is 2. The van der Waals surface area contributed by atoms with Crippen LogP contribution >= 0.6 is 0 Å². The molecule has 0 heterocycles. The molecule has 0 unspecified atom stereocenters. The van der Waals surface area contributed by atoms with E-state index in [1.165, 1.54) is 0 Å². The van der Waals surface area contributed by atoms with Gasteiger partial charge in [-0.25, -0.2) is 4.79 Å². The van der Waals surface area contributed by atoms with Crippen LogP contribution < -0.4 is 10.6 Å². The molecule has 4 rings (SSSR count). The molecule has 0 aromatic heterocycles. The van der Waals surface area contributed by atoms with Crippen molar-refractivity contribution in [2.45, 2.75) is 12.8 Å². The van der Waals surface area contributed by atoms with Gasteiger partial charge in [-0.1, -0.05) is 66.8 Å². The van der Waals surface area contributed by atoms with Crippen LogP contribution in [0.3, 0.4) is 0 Å². The van der Waals surface area contributed by atoms with Gasteiger partial charge >= 0.3 is 5.97 Å². The monoisotopic (exact) mass is 464 g/mol. The molecule has 0 radical (unpaired) electrons. The number of hydrogen-bond acceptors (Lipinski definition) is 3. The first-order valence-electron chi connectivity index (χ1n) is 11.1. The third-order valence-corrected chi connectivity index (χ3v) is 5.50. The van der Waals surface area contributed by atoms with Crippen LogP contribution in [0.4, 0.5) is 11.4 Å². The Morgan fingerprint density at radius 3 is 2.26 bits per heavy atom. The fourth-order valence-corrected chi connectivity index (χ4v) is 3.67. The van der Waals surface area contributed by atoms with E-state index in [9.17, 15) is 19.5 Å². The minimum Gasteiger partial charge on any atom is -0.478 e. The standard InChI is InChI=1S/C29H24N2O4/c32-27(22-8-4-1-2-5-9-22)30-24-15-12-20(13-16-24)18-21-14-17-26(25(19-21)29(34)35)31-28(33)23-10-6-3-7-11-23/h1-8,10-17,19H,9,18H2,(H,30,32)(H,31,33)(H,34,35). The minimum absolute atomic E-state index is 0.0236. The van der Waals surface area contributed by atoms with E-state index in [4.69, 9.17) is 0 Å². The molecule has 3 aromatic rings. The molecule has 6 nitrogen and oxygen atoms in total. The first-order valence-corrected chi connectivity index (χ1v) is 11.1. The number of carbonyl (C=O) groups is 3. The quantitative estimate of drug-likeness (QED) is 0.424. The average molecular weight is 465 g/mol. The maximum Gasteiger partial charge on any atom is 0.337 e. The van der Waals surface area contributed by atoms with E-state index >= 15 is 0 Å². The van der Waals surface area contributed by atoms with Gasteiger partial charge in [-0.15, -0.1) is 0 Å². The fraction of sp³-hybridized carbons (Fsp3) is 0.0690. The summed E-state index contributed by atoms with van der Waals surface area (Å²) in [6.45, 7) is 0. The number of nitrogens with one attached hydrogen (secondary N) is 2. The third kappa shape index (κ3) is 6.21. The first-order chi connectivity index (χ1) is 17.0. The lowest BCUT2D eigenvalue weighted by Gasteiger charge is -2.11. The van der Waals surface area contributed by atoms with Crippen LogP contribution in [0, 0.1) is 0 Å². The van der Waals surface area contributed by atoms with Crippen molar-refractivity contribution >= 4 is 29.2 Å². The zero-order chi connectivity index (χ0) is 24.6. The van der Waals surface area contributed by atoms with Crippen molar-refractivity contribution in [1.29, 1.82) is 0 Å². The van der Waals surface area contributed by atoms with Gasteiger partial charge in [0.15, 0.2) is 0 Å². The van der Waals surface area contributed by atoms with E-state index in [0.29, 0.717) is 29.7 Å². The molecule has 3 N–H and O–H groups in total. The molecule has 0 saturated carbocycles. The van der Waals surface area contributed by atoms with Crippen LogP contribution in [0.2, 0.25) is 0 Å². The summed E-state index contributed by atoms with van der Waals surface area (Å²) in [7, 11) is 0. The molecule has 0 atom stereocenters. The van der Waals surface area contributed by atoms with Gasteiger partial charge in [-0.2, -0.15) is 0 Å². The number of amides is 2. The lowest BCUT2D eigenvalue weighted by molar-refractivity contribution is -0.112. The maximum atomic E-state index is 12.5. The number of benzene rings is 3.